The van der Waals surface area contributed by atoms with Crippen molar-refractivity contribution < 1.29 is 28.2 Å². The smallest absolute Gasteiger partial charge is 0.351 e. The standard InChI is InChI=1S/C22H18FNO5S/c23-15-9-7-14(8-10-15)21(19-6-3-11-30-19)24-20(25)13-28-22(26)18-12-27-16-4-1-2-5-17(16)29-18/h1-11,18,21H,12-13H2,(H,24,25). The number of ether oxygens (including phenoxy) is 3. The van der Waals surface area contributed by atoms with E-state index in [2.05, 4.69) is 5.32 Å². The van der Waals surface area contributed by atoms with Crippen molar-refractivity contribution in [1.29, 1.82) is 0 Å². The van der Waals surface area contributed by atoms with Crippen molar-refractivity contribution in [1.82, 2.24) is 5.32 Å². The molecule has 2 aromatic carbocycles. The van der Waals surface area contributed by atoms with Gasteiger partial charge in [0.05, 0.1) is 6.04 Å². The predicted molar refractivity (Wildman–Crippen MR) is 108 cm³/mol. The van der Waals surface area contributed by atoms with Gasteiger partial charge in [-0.05, 0) is 41.3 Å². The summed E-state index contributed by atoms with van der Waals surface area (Å²) in [4.78, 5) is 25.6. The van der Waals surface area contributed by atoms with Crippen LogP contribution in [0.2, 0.25) is 0 Å². The van der Waals surface area contributed by atoms with Gasteiger partial charge in [-0.1, -0.05) is 30.3 Å². The molecule has 0 spiro atoms. The molecule has 0 radical (unpaired) electrons. The van der Waals surface area contributed by atoms with E-state index in [1.807, 2.05) is 17.5 Å². The Labute approximate surface area is 176 Å². The summed E-state index contributed by atoms with van der Waals surface area (Å²) in [6, 6.07) is 16.1. The average Bonchev–Trinajstić information content (AvgIpc) is 3.31. The zero-order chi connectivity index (χ0) is 20.9. The topological polar surface area (TPSA) is 73.9 Å². The molecule has 1 amide bonds. The van der Waals surface area contributed by atoms with Gasteiger partial charge in [0.15, 0.2) is 18.1 Å². The molecule has 30 heavy (non-hydrogen) atoms. The second kappa shape index (κ2) is 8.96. The quantitative estimate of drug-likeness (QED) is 0.610. The Bertz CT molecular complexity index is 1020. The molecule has 0 bridgehead atoms. The lowest BCUT2D eigenvalue weighted by Crippen LogP contribution is -2.40. The maximum absolute atomic E-state index is 13.3. The minimum atomic E-state index is -0.946. The number of rotatable bonds is 6. The third-order valence-corrected chi connectivity index (χ3v) is 5.39. The Hall–Kier alpha value is -3.39. The van der Waals surface area contributed by atoms with Crippen molar-refractivity contribution in [2.24, 2.45) is 0 Å². The minimum Gasteiger partial charge on any atom is -0.485 e. The van der Waals surface area contributed by atoms with E-state index in [1.165, 1.54) is 23.5 Å². The summed E-state index contributed by atoms with van der Waals surface area (Å²) in [5.74, 6) is -0.529. The lowest BCUT2D eigenvalue weighted by molar-refractivity contribution is -0.157. The van der Waals surface area contributed by atoms with Crippen molar-refractivity contribution in [2.75, 3.05) is 13.2 Å². The molecule has 1 N–H and O–H groups in total. The van der Waals surface area contributed by atoms with E-state index in [9.17, 15) is 14.0 Å². The van der Waals surface area contributed by atoms with E-state index in [4.69, 9.17) is 14.2 Å². The van der Waals surface area contributed by atoms with Gasteiger partial charge in [-0.2, -0.15) is 0 Å². The van der Waals surface area contributed by atoms with Crippen LogP contribution in [-0.4, -0.2) is 31.2 Å². The van der Waals surface area contributed by atoms with Crippen molar-refractivity contribution in [3.05, 3.63) is 82.3 Å². The Balaban J connectivity index is 1.36. The molecule has 0 saturated carbocycles. The van der Waals surface area contributed by atoms with Gasteiger partial charge >= 0.3 is 5.97 Å². The maximum Gasteiger partial charge on any atom is 0.351 e. The first-order valence-corrected chi connectivity index (χ1v) is 10.1. The molecule has 0 aliphatic carbocycles. The van der Waals surface area contributed by atoms with Crippen molar-refractivity contribution in [3.63, 3.8) is 0 Å². The molecule has 1 aliphatic rings. The molecule has 3 aromatic rings. The highest BCUT2D eigenvalue weighted by Crippen LogP contribution is 2.31. The number of amides is 1. The Morgan fingerprint density at radius 2 is 1.87 bits per heavy atom. The molecule has 0 saturated heterocycles. The molecule has 0 fully saturated rings. The van der Waals surface area contributed by atoms with Gasteiger partial charge in [0.1, 0.15) is 12.4 Å². The van der Waals surface area contributed by atoms with Crippen LogP contribution in [0.15, 0.2) is 66.0 Å². The summed E-state index contributed by atoms with van der Waals surface area (Å²) in [5, 5.41) is 4.71. The van der Waals surface area contributed by atoms with E-state index >= 15 is 0 Å². The first-order chi connectivity index (χ1) is 14.6. The number of para-hydroxylation sites is 2. The molecule has 4 rings (SSSR count). The number of hydrogen-bond donors (Lipinski definition) is 1. The summed E-state index contributed by atoms with van der Waals surface area (Å²) in [6.07, 6.45) is -0.946. The summed E-state index contributed by atoms with van der Waals surface area (Å²) < 4.78 is 29.5. The highest BCUT2D eigenvalue weighted by Gasteiger charge is 2.29. The number of thiophene rings is 1. The van der Waals surface area contributed by atoms with Gasteiger partial charge < -0.3 is 19.5 Å². The van der Waals surface area contributed by atoms with Crippen LogP contribution >= 0.6 is 11.3 Å². The molecule has 2 heterocycles. The molecule has 8 heteroatoms. The monoisotopic (exact) mass is 427 g/mol. The Kier molecular flexibility index (Phi) is 5.94. The highest BCUT2D eigenvalue weighted by molar-refractivity contribution is 7.10. The third-order valence-electron chi connectivity index (χ3n) is 4.45. The number of benzene rings is 2. The summed E-state index contributed by atoms with van der Waals surface area (Å²) in [7, 11) is 0. The van der Waals surface area contributed by atoms with E-state index in [0.29, 0.717) is 11.5 Å². The predicted octanol–water partition coefficient (Wildman–Crippen LogP) is 3.48. The van der Waals surface area contributed by atoms with Crippen LogP contribution in [0.25, 0.3) is 0 Å². The van der Waals surface area contributed by atoms with Crippen LogP contribution < -0.4 is 14.8 Å². The summed E-state index contributed by atoms with van der Waals surface area (Å²) in [5.41, 5.74) is 0.721. The first kappa shape index (κ1) is 19.9. The van der Waals surface area contributed by atoms with Crippen LogP contribution in [-0.2, 0) is 14.3 Å². The van der Waals surface area contributed by atoms with Gasteiger partial charge in [0, 0.05) is 4.88 Å². The van der Waals surface area contributed by atoms with Gasteiger partial charge in [-0.25, -0.2) is 9.18 Å². The molecule has 2 atom stereocenters. The van der Waals surface area contributed by atoms with Crippen LogP contribution in [0, 0.1) is 5.82 Å². The van der Waals surface area contributed by atoms with E-state index < -0.39 is 30.6 Å². The SMILES string of the molecule is O=C(COC(=O)C1COc2ccccc2O1)NC(c1ccc(F)cc1)c1cccs1. The number of hydrogen-bond acceptors (Lipinski definition) is 6. The minimum absolute atomic E-state index is 0.00483. The van der Waals surface area contributed by atoms with Gasteiger partial charge in [-0.15, -0.1) is 11.3 Å². The van der Waals surface area contributed by atoms with Crippen LogP contribution in [0.1, 0.15) is 16.5 Å². The molecule has 6 nitrogen and oxygen atoms in total. The summed E-state index contributed by atoms with van der Waals surface area (Å²) in [6.45, 7) is -0.464. The van der Waals surface area contributed by atoms with E-state index in [1.54, 1.807) is 36.4 Å². The second-order valence-corrected chi connectivity index (χ2v) is 7.52. The molecule has 2 unspecified atom stereocenters. The molecular weight excluding hydrogens is 409 g/mol. The highest BCUT2D eigenvalue weighted by atomic mass is 32.1. The maximum atomic E-state index is 13.3. The van der Waals surface area contributed by atoms with Crippen LogP contribution in [0.3, 0.4) is 0 Å². The Morgan fingerprint density at radius 3 is 2.60 bits per heavy atom. The molecule has 1 aliphatic heterocycles. The van der Waals surface area contributed by atoms with Gasteiger partial charge in [0.2, 0.25) is 6.10 Å². The third kappa shape index (κ3) is 4.60. The molecule has 154 valence electrons. The Morgan fingerprint density at radius 1 is 1.10 bits per heavy atom. The largest absolute Gasteiger partial charge is 0.485 e. The van der Waals surface area contributed by atoms with Crippen LogP contribution in [0.5, 0.6) is 11.5 Å². The number of halogens is 1. The fraction of sp³-hybridized carbons (Fsp3) is 0.182. The molecular formula is C22H18FNO5S. The van der Waals surface area contributed by atoms with E-state index in [-0.39, 0.29) is 12.4 Å². The van der Waals surface area contributed by atoms with Gasteiger partial charge in [-0.3, -0.25) is 4.79 Å². The fourth-order valence-electron chi connectivity index (χ4n) is 3.00. The van der Waals surface area contributed by atoms with Crippen LogP contribution in [0.4, 0.5) is 4.39 Å². The zero-order valence-electron chi connectivity index (χ0n) is 15.7. The fourth-order valence-corrected chi connectivity index (χ4v) is 3.80. The zero-order valence-corrected chi connectivity index (χ0v) is 16.6. The van der Waals surface area contributed by atoms with Crippen molar-refractivity contribution in [3.8, 4) is 11.5 Å². The van der Waals surface area contributed by atoms with E-state index in [0.717, 1.165) is 10.4 Å². The first-order valence-electron chi connectivity index (χ1n) is 9.23. The average molecular weight is 427 g/mol. The molecule has 1 aromatic heterocycles. The summed E-state index contributed by atoms with van der Waals surface area (Å²) >= 11 is 1.46. The van der Waals surface area contributed by atoms with Gasteiger partial charge in [0.25, 0.3) is 5.91 Å². The van der Waals surface area contributed by atoms with Crippen molar-refractivity contribution in [2.45, 2.75) is 12.1 Å². The number of fused-ring (bicyclic) bond motifs is 1. The number of esters is 1. The number of carbonyl (C=O) groups excluding carboxylic acids is 2. The number of nitrogens with one attached hydrogen (secondary N) is 1. The van der Waals surface area contributed by atoms with Crippen molar-refractivity contribution >= 4 is 23.2 Å². The lowest BCUT2D eigenvalue weighted by Gasteiger charge is -2.25. The normalized spacial score (nSPS) is 15.8. The lowest BCUT2D eigenvalue weighted by atomic mass is 10.1. The second-order valence-electron chi connectivity index (χ2n) is 6.54. The number of carbonyl (C=O) groups is 2.